The summed E-state index contributed by atoms with van der Waals surface area (Å²) in [6.45, 7) is 4.47. The number of nitrogens with zero attached hydrogens (tertiary/aromatic N) is 1. The van der Waals surface area contributed by atoms with E-state index >= 15 is 0 Å². The Labute approximate surface area is 93.5 Å². The van der Waals surface area contributed by atoms with Crippen LogP contribution < -0.4 is 10.5 Å². The predicted octanol–water partition coefficient (Wildman–Crippen LogP) is 1.95. The summed E-state index contributed by atoms with van der Waals surface area (Å²) in [6.07, 6.45) is 0. The molecule has 0 spiro atoms. The third-order valence-corrected chi connectivity index (χ3v) is 1.90. The van der Waals surface area contributed by atoms with Gasteiger partial charge in [-0.2, -0.15) is 0 Å². The first-order chi connectivity index (χ1) is 7.54. The van der Waals surface area contributed by atoms with Crippen molar-refractivity contribution in [2.24, 2.45) is 16.8 Å². The minimum Gasteiger partial charge on any atom is -0.493 e. The standard InChI is InChI=1S/C11H15FN2O2/c1-7(2)6-16-10-4-3-8(12)5-9(10)11(13)14-15/h3-5,7,15H,6H2,1-2H3,(H2,13,14). The van der Waals surface area contributed by atoms with E-state index in [0.717, 1.165) is 0 Å². The van der Waals surface area contributed by atoms with Crippen molar-refractivity contribution in [2.45, 2.75) is 13.8 Å². The van der Waals surface area contributed by atoms with Gasteiger partial charge >= 0.3 is 0 Å². The number of hydrogen-bond acceptors (Lipinski definition) is 3. The molecule has 4 nitrogen and oxygen atoms in total. The van der Waals surface area contributed by atoms with E-state index in [1.807, 2.05) is 13.8 Å². The smallest absolute Gasteiger partial charge is 0.173 e. The molecule has 0 aromatic heterocycles. The highest BCUT2D eigenvalue weighted by molar-refractivity contribution is 5.99. The molecular formula is C11H15FN2O2. The summed E-state index contributed by atoms with van der Waals surface area (Å²) in [6, 6.07) is 3.90. The first kappa shape index (κ1) is 12.3. The summed E-state index contributed by atoms with van der Waals surface area (Å²) in [5, 5.41) is 11.4. The highest BCUT2D eigenvalue weighted by Gasteiger charge is 2.10. The van der Waals surface area contributed by atoms with Crippen LogP contribution >= 0.6 is 0 Å². The number of oxime groups is 1. The van der Waals surface area contributed by atoms with Gasteiger partial charge in [0, 0.05) is 0 Å². The molecule has 0 radical (unpaired) electrons. The van der Waals surface area contributed by atoms with Crippen molar-refractivity contribution in [3.05, 3.63) is 29.6 Å². The van der Waals surface area contributed by atoms with Crippen LogP contribution in [0.5, 0.6) is 5.75 Å². The summed E-state index contributed by atoms with van der Waals surface area (Å²) < 4.78 is 18.4. The van der Waals surface area contributed by atoms with E-state index < -0.39 is 5.82 Å². The summed E-state index contributed by atoms with van der Waals surface area (Å²) in [7, 11) is 0. The Morgan fingerprint density at radius 2 is 2.25 bits per heavy atom. The lowest BCUT2D eigenvalue weighted by atomic mass is 10.1. The van der Waals surface area contributed by atoms with Gasteiger partial charge in [-0.25, -0.2) is 4.39 Å². The summed E-state index contributed by atoms with van der Waals surface area (Å²) >= 11 is 0. The minimum absolute atomic E-state index is 0.168. The van der Waals surface area contributed by atoms with E-state index in [0.29, 0.717) is 18.3 Å². The summed E-state index contributed by atoms with van der Waals surface area (Å²) in [5.74, 6) is 0.118. The van der Waals surface area contributed by atoms with Gasteiger partial charge in [0.15, 0.2) is 5.84 Å². The molecule has 1 aromatic rings. The van der Waals surface area contributed by atoms with Crippen molar-refractivity contribution in [1.82, 2.24) is 0 Å². The molecule has 0 saturated heterocycles. The molecule has 0 atom stereocenters. The normalized spacial score (nSPS) is 11.9. The number of benzene rings is 1. The molecule has 16 heavy (non-hydrogen) atoms. The van der Waals surface area contributed by atoms with Gasteiger partial charge in [-0.15, -0.1) is 0 Å². The fourth-order valence-electron chi connectivity index (χ4n) is 1.14. The van der Waals surface area contributed by atoms with Crippen molar-refractivity contribution in [3.63, 3.8) is 0 Å². The Balaban J connectivity index is 2.98. The second-order valence-electron chi connectivity index (χ2n) is 3.83. The molecule has 1 aromatic carbocycles. The number of amidine groups is 1. The Bertz CT molecular complexity index is 392. The van der Waals surface area contributed by atoms with E-state index in [4.69, 9.17) is 15.7 Å². The highest BCUT2D eigenvalue weighted by atomic mass is 19.1. The second-order valence-corrected chi connectivity index (χ2v) is 3.83. The maximum absolute atomic E-state index is 13.0. The van der Waals surface area contributed by atoms with Gasteiger partial charge in [0.05, 0.1) is 12.2 Å². The molecule has 0 aliphatic rings. The van der Waals surface area contributed by atoms with Gasteiger partial charge in [0.1, 0.15) is 11.6 Å². The van der Waals surface area contributed by atoms with Crippen LogP contribution in [0.1, 0.15) is 19.4 Å². The molecule has 0 aliphatic carbocycles. The van der Waals surface area contributed by atoms with Crippen LogP contribution in [0.15, 0.2) is 23.4 Å². The van der Waals surface area contributed by atoms with Crippen LogP contribution in [-0.2, 0) is 0 Å². The fraction of sp³-hybridized carbons (Fsp3) is 0.364. The van der Waals surface area contributed by atoms with Crippen molar-refractivity contribution in [3.8, 4) is 5.75 Å². The van der Waals surface area contributed by atoms with E-state index in [2.05, 4.69) is 5.16 Å². The van der Waals surface area contributed by atoms with Gasteiger partial charge in [0.25, 0.3) is 0 Å². The Morgan fingerprint density at radius 3 is 2.81 bits per heavy atom. The average Bonchev–Trinajstić information content (AvgIpc) is 2.26. The molecule has 0 bridgehead atoms. The average molecular weight is 226 g/mol. The van der Waals surface area contributed by atoms with Gasteiger partial charge in [-0.1, -0.05) is 19.0 Å². The number of nitrogens with two attached hydrogens (primary N) is 1. The summed E-state index contributed by atoms with van der Waals surface area (Å²) in [4.78, 5) is 0. The maximum atomic E-state index is 13.0. The molecule has 3 N–H and O–H groups in total. The molecule has 0 fully saturated rings. The maximum Gasteiger partial charge on any atom is 0.173 e. The largest absolute Gasteiger partial charge is 0.493 e. The van der Waals surface area contributed by atoms with Gasteiger partial charge in [-0.05, 0) is 24.1 Å². The van der Waals surface area contributed by atoms with Crippen LogP contribution in [0.2, 0.25) is 0 Å². The molecule has 0 heterocycles. The lowest BCUT2D eigenvalue weighted by Gasteiger charge is -2.12. The highest BCUT2D eigenvalue weighted by Crippen LogP contribution is 2.20. The molecular weight excluding hydrogens is 211 g/mol. The van der Waals surface area contributed by atoms with Crippen molar-refractivity contribution >= 4 is 5.84 Å². The monoisotopic (exact) mass is 226 g/mol. The first-order valence-corrected chi connectivity index (χ1v) is 4.95. The lowest BCUT2D eigenvalue weighted by molar-refractivity contribution is 0.269. The number of hydrogen-bond donors (Lipinski definition) is 2. The number of halogens is 1. The lowest BCUT2D eigenvalue weighted by Crippen LogP contribution is -2.16. The van der Waals surface area contributed by atoms with E-state index in [1.54, 1.807) is 0 Å². The van der Waals surface area contributed by atoms with Crippen molar-refractivity contribution in [1.29, 1.82) is 0 Å². The Hall–Kier alpha value is -1.78. The van der Waals surface area contributed by atoms with Crippen molar-refractivity contribution < 1.29 is 14.3 Å². The van der Waals surface area contributed by atoms with Gasteiger partial charge in [-0.3, -0.25) is 0 Å². The fourth-order valence-corrected chi connectivity index (χ4v) is 1.14. The second kappa shape index (κ2) is 5.34. The molecule has 0 aliphatic heterocycles. The van der Waals surface area contributed by atoms with Crippen LogP contribution in [0.4, 0.5) is 4.39 Å². The van der Waals surface area contributed by atoms with Crippen LogP contribution in [0.3, 0.4) is 0 Å². The first-order valence-electron chi connectivity index (χ1n) is 4.95. The predicted molar refractivity (Wildman–Crippen MR) is 59.2 cm³/mol. The van der Waals surface area contributed by atoms with Crippen LogP contribution in [0.25, 0.3) is 0 Å². The Kier molecular flexibility index (Phi) is 4.10. The van der Waals surface area contributed by atoms with Crippen LogP contribution in [-0.4, -0.2) is 17.6 Å². The van der Waals surface area contributed by atoms with E-state index in [1.165, 1.54) is 18.2 Å². The molecule has 1 rings (SSSR count). The van der Waals surface area contributed by atoms with Gasteiger partial charge in [0.2, 0.25) is 0 Å². The number of rotatable bonds is 4. The van der Waals surface area contributed by atoms with Crippen LogP contribution in [0, 0.1) is 11.7 Å². The molecule has 0 amide bonds. The molecule has 5 heteroatoms. The van der Waals surface area contributed by atoms with E-state index in [9.17, 15) is 4.39 Å². The zero-order chi connectivity index (χ0) is 12.1. The quantitative estimate of drug-likeness (QED) is 0.357. The molecule has 0 unspecified atom stereocenters. The zero-order valence-electron chi connectivity index (χ0n) is 9.27. The van der Waals surface area contributed by atoms with Crippen molar-refractivity contribution in [2.75, 3.05) is 6.61 Å². The Morgan fingerprint density at radius 1 is 1.56 bits per heavy atom. The third kappa shape index (κ3) is 3.12. The van der Waals surface area contributed by atoms with Gasteiger partial charge < -0.3 is 15.7 Å². The number of ether oxygens (including phenoxy) is 1. The third-order valence-electron chi connectivity index (χ3n) is 1.90. The zero-order valence-corrected chi connectivity index (χ0v) is 9.27. The molecule has 0 saturated carbocycles. The molecule has 88 valence electrons. The topological polar surface area (TPSA) is 67.8 Å². The van der Waals surface area contributed by atoms with E-state index in [-0.39, 0.29) is 11.4 Å². The SMILES string of the molecule is CC(C)COc1ccc(F)cc1C(N)=NO. The minimum atomic E-state index is -0.460. The summed E-state index contributed by atoms with van der Waals surface area (Å²) in [5.41, 5.74) is 5.68.